The number of aliphatic carboxylic acids is 1. The molecule has 0 radical (unpaired) electrons. The van der Waals surface area contributed by atoms with Crippen molar-refractivity contribution in [3.8, 4) is 0 Å². The molecule has 2 rings (SSSR count). The number of alkyl halides is 3. The molecule has 0 aliphatic carbocycles. The fraction of sp³-hybridized carbons (Fsp3) is 0.529. The molecule has 1 unspecified atom stereocenters. The molecule has 0 bridgehead atoms. The van der Waals surface area contributed by atoms with Crippen LogP contribution in [0, 0.1) is 0 Å². The number of hydrogen-bond donors (Lipinski definition) is 2. The van der Waals surface area contributed by atoms with Gasteiger partial charge in [0.05, 0.1) is 24.8 Å². The third-order valence-electron chi connectivity index (χ3n) is 4.10. The lowest BCUT2D eigenvalue weighted by Crippen LogP contribution is -2.52. The summed E-state index contributed by atoms with van der Waals surface area (Å²) in [6.45, 7) is 0.753. The molecular weight excluding hydrogens is 367 g/mol. The van der Waals surface area contributed by atoms with Crippen LogP contribution >= 0.6 is 0 Å². The van der Waals surface area contributed by atoms with Gasteiger partial charge in [0.15, 0.2) is 0 Å². The van der Waals surface area contributed by atoms with E-state index in [1.165, 1.54) is 23.1 Å². The maximum atomic E-state index is 13.0. The zero-order valence-electron chi connectivity index (χ0n) is 14.8. The predicted molar refractivity (Wildman–Crippen MR) is 90.1 cm³/mol. The van der Waals surface area contributed by atoms with E-state index in [1.807, 2.05) is 0 Å². The number of ether oxygens (including phenoxy) is 1. The number of nitrogens with one attached hydrogen (secondary N) is 1. The molecule has 1 aliphatic heterocycles. The van der Waals surface area contributed by atoms with E-state index in [9.17, 15) is 22.8 Å². The topological polar surface area (TPSA) is 82.1 Å². The van der Waals surface area contributed by atoms with Crippen molar-refractivity contribution in [2.24, 2.45) is 0 Å². The second-order valence-electron chi connectivity index (χ2n) is 6.34. The third-order valence-corrected chi connectivity index (χ3v) is 4.10. The molecular formula is C17H22F3N3O4. The normalized spacial score (nSPS) is 17.8. The summed E-state index contributed by atoms with van der Waals surface area (Å²) in [6.07, 6.45) is -4.85. The molecule has 0 saturated carbocycles. The van der Waals surface area contributed by atoms with E-state index in [4.69, 9.17) is 9.84 Å². The van der Waals surface area contributed by atoms with Crippen LogP contribution in [0.3, 0.4) is 0 Å². The predicted octanol–water partition coefficient (Wildman–Crippen LogP) is 1.63. The Balaban J connectivity index is 1.90. The number of halogens is 3. The van der Waals surface area contributed by atoms with Crippen molar-refractivity contribution < 1.29 is 32.6 Å². The van der Waals surface area contributed by atoms with Gasteiger partial charge >= 0.3 is 18.2 Å². The minimum atomic E-state index is -4.49. The van der Waals surface area contributed by atoms with Gasteiger partial charge in [-0.15, -0.1) is 0 Å². The van der Waals surface area contributed by atoms with Crippen molar-refractivity contribution in [2.75, 3.05) is 39.8 Å². The lowest BCUT2D eigenvalue weighted by molar-refractivity contribution is -0.139. The molecule has 1 atom stereocenters. The van der Waals surface area contributed by atoms with Gasteiger partial charge in [-0.3, -0.25) is 9.69 Å². The molecule has 1 fully saturated rings. The van der Waals surface area contributed by atoms with Gasteiger partial charge in [-0.2, -0.15) is 13.2 Å². The van der Waals surface area contributed by atoms with Crippen LogP contribution in [-0.4, -0.2) is 72.8 Å². The van der Waals surface area contributed by atoms with E-state index in [2.05, 4.69) is 5.32 Å². The molecule has 1 saturated heterocycles. The van der Waals surface area contributed by atoms with Crippen LogP contribution in [0.5, 0.6) is 0 Å². The van der Waals surface area contributed by atoms with Crippen LogP contribution in [-0.2, 0) is 22.3 Å². The molecule has 1 heterocycles. The van der Waals surface area contributed by atoms with Crippen molar-refractivity contribution in [1.82, 2.24) is 15.1 Å². The van der Waals surface area contributed by atoms with Crippen molar-refractivity contribution in [3.63, 3.8) is 0 Å². The van der Waals surface area contributed by atoms with E-state index in [-0.39, 0.29) is 37.9 Å². The number of carbonyl (C=O) groups excluding carboxylic acids is 1. The van der Waals surface area contributed by atoms with E-state index >= 15 is 0 Å². The Hall–Kier alpha value is -2.33. The number of carboxylic acids is 1. The maximum absolute atomic E-state index is 13.0. The van der Waals surface area contributed by atoms with Gasteiger partial charge in [-0.05, 0) is 18.7 Å². The molecule has 1 aromatic rings. The van der Waals surface area contributed by atoms with Crippen LogP contribution in [0.25, 0.3) is 0 Å². The number of carboxylic acid groups (broad SMARTS) is 1. The summed E-state index contributed by atoms with van der Waals surface area (Å²) in [4.78, 5) is 26.0. The summed E-state index contributed by atoms with van der Waals surface area (Å²) in [5, 5.41) is 11.3. The molecule has 2 N–H and O–H groups in total. The van der Waals surface area contributed by atoms with Crippen molar-refractivity contribution in [1.29, 1.82) is 0 Å². The first-order chi connectivity index (χ1) is 12.7. The first-order valence-corrected chi connectivity index (χ1v) is 8.36. The highest BCUT2D eigenvalue weighted by Crippen LogP contribution is 2.31. The zero-order valence-corrected chi connectivity index (χ0v) is 14.8. The zero-order chi connectivity index (χ0) is 20.0. The number of amides is 2. The number of urea groups is 1. The average Bonchev–Trinajstić information content (AvgIpc) is 2.58. The molecule has 2 amide bonds. The quantitative estimate of drug-likeness (QED) is 0.773. The number of nitrogens with zero attached hydrogens (tertiary/aromatic N) is 2. The first kappa shape index (κ1) is 21.0. The number of rotatable bonds is 6. The Morgan fingerprint density at radius 2 is 2.07 bits per heavy atom. The van der Waals surface area contributed by atoms with Crippen molar-refractivity contribution in [2.45, 2.75) is 18.8 Å². The highest BCUT2D eigenvalue weighted by atomic mass is 19.4. The highest BCUT2D eigenvalue weighted by molar-refractivity contribution is 5.74. The molecule has 0 spiro atoms. The minimum absolute atomic E-state index is 0.00986. The van der Waals surface area contributed by atoms with Crippen molar-refractivity contribution >= 4 is 12.0 Å². The molecule has 27 heavy (non-hydrogen) atoms. The van der Waals surface area contributed by atoms with Crippen LogP contribution < -0.4 is 5.32 Å². The van der Waals surface area contributed by atoms with E-state index in [0.29, 0.717) is 13.1 Å². The second kappa shape index (κ2) is 9.05. The van der Waals surface area contributed by atoms with E-state index in [0.717, 1.165) is 6.07 Å². The largest absolute Gasteiger partial charge is 0.480 e. The number of benzene rings is 1. The molecule has 150 valence electrons. The van der Waals surface area contributed by atoms with Crippen LogP contribution in [0.4, 0.5) is 18.0 Å². The lowest BCUT2D eigenvalue weighted by atomic mass is 10.1. The Bertz CT molecular complexity index is 669. The van der Waals surface area contributed by atoms with Crippen LogP contribution in [0.1, 0.15) is 11.1 Å². The highest BCUT2D eigenvalue weighted by Gasteiger charge is 2.33. The Morgan fingerprint density at radius 1 is 1.37 bits per heavy atom. The average molecular weight is 389 g/mol. The molecule has 7 nitrogen and oxygen atoms in total. The van der Waals surface area contributed by atoms with Crippen molar-refractivity contribution in [3.05, 3.63) is 35.4 Å². The molecule has 10 heteroatoms. The maximum Gasteiger partial charge on any atom is 0.416 e. The van der Waals surface area contributed by atoms with Crippen LogP contribution in [0.2, 0.25) is 0 Å². The van der Waals surface area contributed by atoms with Gasteiger partial charge in [0.1, 0.15) is 0 Å². The number of likely N-dealkylation sites (N-methyl/N-ethyl adjacent to an activating group) is 1. The fourth-order valence-electron chi connectivity index (χ4n) is 2.89. The lowest BCUT2D eigenvalue weighted by Gasteiger charge is -2.34. The van der Waals surface area contributed by atoms with Gasteiger partial charge in [0, 0.05) is 26.2 Å². The smallest absolute Gasteiger partial charge is 0.416 e. The molecule has 0 aromatic heterocycles. The first-order valence-electron chi connectivity index (χ1n) is 8.36. The summed E-state index contributed by atoms with van der Waals surface area (Å²) in [6, 6.07) is 4.60. The molecule has 1 aliphatic rings. The minimum Gasteiger partial charge on any atom is -0.480 e. The number of hydrogen-bond acceptors (Lipinski definition) is 4. The van der Waals surface area contributed by atoms with Gasteiger partial charge in [-0.25, -0.2) is 4.79 Å². The Morgan fingerprint density at radius 3 is 2.74 bits per heavy atom. The Labute approximate surface area is 154 Å². The summed E-state index contributed by atoms with van der Waals surface area (Å²) in [5.74, 6) is -0.966. The summed E-state index contributed by atoms with van der Waals surface area (Å²) < 4.78 is 44.5. The van der Waals surface area contributed by atoms with E-state index in [1.54, 1.807) is 11.9 Å². The number of morpholine rings is 1. The van der Waals surface area contributed by atoms with Gasteiger partial charge in [0.2, 0.25) is 0 Å². The third kappa shape index (κ3) is 6.40. The van der Waals surface area contributed by atoms with Gasteiger partial charge in [-0.1, -0.05) is 18.2 Å². The summed E-state index contributed by atoms with van der Waals surface area (Å²) in [5.41, 5.74) is -0.787. The van der Waals surface area contributed by atoms with Gasteiger partial charge in [0.25, 0.3) is 0 Å². The summed E-state index contributed by atoms with van der Waals surface area (Å²) >= 11 is 0. The van der Waals surface area contributed by atoms with E-state index < -0.39 is 23.7 Å². The van der Waals surface area contributed by atoms with Crippen LogP contribution in [0.15, 0.2) is 24.3 Å². The monoisotopic (exact) mass is 389 g/mol. The fourth-order valence-corrected chi connectivity index (χ4v) is 2.89. The molecule has 1 aromatic carbocycles. The number of carbonyl (C=O) groups is 2. The standard InChI is InChI=1S/C17H22F3N3O4/c1-22(11-15(24)25)9-13-10-23(6-7-27-13)16(26)21-8-12-4-2-3-5-14(12)17(18,19)20/h2-5,13H,6-11H2,1H3,(H,21,26)(H,24,25). The second-order valence-corrected chi connectivity index (χ2v) is 6.34. The van der Waals surface area contributed by atoms with Gasteiger partial charge < -0.3 is 20.1 Å². The summed E-state index contributed by atoms with van der Waals surface area (Å²) in [7, 11) is 1.63. The Kier molecular flexibility index (Phi) is 7.03. The SMILES string of the molecule is CN(CC(=O)O)CC1CN(C(=O)NCc2ccccc2C(F)(F)F)CCO1.